The van der Waals surface area contributed by atoms with Crippen molar-refractivity contribution >= 4 is 11.6 Å². The Morgan fingerprint density at radius 1 is 1.50 bits per heavy atom. The predicted octanol–water partition coefficient (Wildman–Crippen LogP) is 2.64. The van der Waals surface area contributed by atoms with Gasteiger partial charge in [-0.3, -0.25) is 0 Å². The normalized spacial score (nSPS) is 31.2. The summed E-state index contributed by atoms with van der Waals surface area (Å²) in [6.07, 6.45) is 3.71. The van der Waals surface area contributed by atoms with E-state index in [-0.39, 0.29) is 0 Å². The Hall–Kier alpha value is 0.250. The van der Waals surface area contributed by atoms with Crippen LogP contribution in [0.5, 0.6) is 0 Å². The number of nitrogens with one attached hydrogen (secondary N) is 1. The van der Waals surface area contributed by atoms with Crippen LogP contribution in [0, 0.1) is 11.8 Å². The van der Waals surface area contributed by atoms with Crippen LogP contribution in [0.1, 0.15) is 33.1 Å². The first-order valence-corrected chi connectivity index (χ1v) is 5.50. The molecule has 0 bridgehead atoms. The molecule has 2 heteroatoms. The molecular weight excluding hydrogens is 170 g/mol. The molecule has 1 unspecified atom stereocenters. The van der Waals surface area contributed by atoms with E-state index in [0.717, 1.165) is 11.8 Å². The van der Waals surface area contributed by atoms with Crippen LogP contribution in [-0.2, 0) is 0 Å². The second-order valence-corrected chi connectivity index (χ2v) is 4.72. The van der Waals surface area contributed by atoms with Gasteiger partial charge in [-0.05, 0) is 37.8 Å². The molecule has 1 aliphatic rings. The first-order valence-electron chi connectivity index (χ1n) is 5.07. The number of hydrogen-bond donors (Lipinski definition) is 1. The van der Waals surface area contributed by atoms with Crippen LogP contribution in [0.3, 0.4) is 0 Å². The fourth-order valence-electron chi connectivity index (χ4n) is 1.50. The summed E-state index contributed by atoms with van der Waals surface area (Å²) < 4.78 is 0. The van der Waals surface area contributed by atoms with Crippen LogP contribution in [0.25, 0.3) is 0 Å². The third-order valence-electron chi connectivity index (χ3n) is 2.80. The molecule has 0 saturated heterocycles. The maximum absolute atomic E-state index is 5.88. The molecule has 0 aromatic carbocycles. The Labute approximate surface area is 80.9 Å². The van der Waals surface area contributed by atoms with Gasteiger partial charge in [0, 0.05) is 5.38 Å². The van der Waals surface area contributed by atoms with E-state index in [1.165, 1.54) is 32.4 Å². The molecule has 0 radical (unpaired) electrons. The summed E-state index contributed by atoms with van der Waals surface area (Å²) in [5.41, 5.74) is 0. The van der Waals surface area contributed by atoms with E-state index >= 15 is 0 Å². The molecular formula is C10H20ClN. The Morgan fingerprint density at radius 3 is 2.67 bits per heavy atom. The molecule has 1 aliphatic carbocycles. The summed E-state index contributed by atoms with van der Waals surface area (Å²) in [6, 6.07) is 0. The molecule has 0 aliphatic heterocycles. The topological polar surface area (TPSA) is 12.0 Å². The number of halogens is 1. The molecule has 0 amide bonds. The summed E-state index contributed by atoms with van der Waals surface area (Å²) in [4.78, 5) is 0. The van der Waals surface area contributed by atoms with Crippen molar-refractivity contribution in [1.82, 2.24) is 5.32 Å². The van der Waals surface area contributed by atoms with Crippen LogP contribution in [0.2, 0.25) is 0 Å². The van der Waals surface area contributed by atoms with Crippen LogP contribution in [-0.4, -0.2) is 18.5 Å². The highest BCUT2D eigenvalue weighted by molar-refractivity contribution is 6.21. The summed E-state index contributed by atoms with van der Waals surface area (Å²) >= 11 is 5.88. The largest absolute Gasteiger partial charge is 0.316 e. The van der Waals surface area contributed by atoms with E-state index in [1.807, 2.05) is 0 Å². The highest BCUT2D eigenvalue weighted by Gasteiger charge is 2.26. The number of alkyl halides is 1. The van der Waals surface area contributed by atoms with Crippen molar-refractivity contribution < 1.29 is 0 Å². The second kappa shape index (κ2) is 5.08. The van der Waals surface area contributed by atoms with Gasteiger partial charge in [0.05, 0.1) is 0 Å². The molecule has 0 heterocycles. The summed E-state index contributed by atoms with van der Waals surface area (Å²) in [5, 5.41) is 3.97. The zero-order valence-electron chi connectivity index (χ0n) is 8.15. The fourth-order valence-corrected chi connectivity index (χ4v) is 2.00. The number of hydrogen-bond acceptors (Lipinski definition) is 1. The zero-order chi connectivity index (χ0) is 8.97. The molecule has 72 valence electrons. The summed E-state index contributed by atoms with van der Waals surface area (Å²) in [6.45, 7) is 6.87. The lowest BCUT2D eigenvalue weighted by Gasteiger charge is -2.31. The maximum atomic E-state index is 5.88. The van der Waals surface area contributed by atoms with Gasteiger partial charge >= 0.3 is 0 Å². The van der Waals surface area contributed by atoms with Crippen LogP contribution >= 0.6 is 11.6 Å². The minimum absolute atomic E-state index is 0.473. The standard InChI is InChI=1S/C10H20ClN/c1-3-8(2)6-12-7-9-4-10(11)5-9/h8-10,12H,3-7H2,1-2H3. The van der Waals surface area contributed by atoms with Crippen molar-refractivity contribution in [2.75, 3.05) is 13.1 Å². The predicted molar refractivity (Wildman–Crippen MR) is 54.7 cm³/mol. The lowest BCUT2D eigenvalue weighted by Crippen LogP contribution is -2.35. The first-order chi connectivity index (χ1) is 5.72. The van der Waals surface area contributed by atoms with Gasteiger partial charge in [-0.2, -0.15) is 0 Å². The van der Waals surface area contributed by atoms with Gasteiger partial charge in [0.25, 0.3) is 0 Å². The minimum atomic E-state index is 0.473. The van der Waals surface area contributed by atoms with Gasteiger partial charge in [0.15, 0.2) is 0 Å². The molecule has 0 spiro atoms. The highest BCUT2D eigenvalue weighted by Crippen LogP contribution is 2.31. The van der Waals surface area contributed by atoms with Crippen LogP contribution < -0.4 is 5.32 Å². The average Bonchev–Trinajstić information content (AvgIpc) is 2.01. The van der Waals surface area contributed by atoms with E-state index in [1.54, 1.807) is 0 Å². The molecule has 1 fully saturated rings. The van der Waals surface area contributed by atoms with Crippen LogP contribution in [0.15, 0.2) is 0 Å². The van der Waals surface area contributed by atoms with Crippen LogP contribution in [0.4, 0.5) is 0 Å². The fraction of sp³-hybridized carbons (Fsp3) is 1.00. The Balaban J connectivity index is 1.89. The Bertz CT molecular complexity index is 121. The summed E-state index contributed by atoms with van der Waals surface area (Å²) in [5.74, 6) is 1.67. The van der Waals surface area contributed by atoms with Crippen molar-refractivity contribution in [2.24, 2.45) is 11.8 Å². The van der Waals surface area contributed by atoms with Crippen molar-refractivity contribution in [2.45, 2.75) is 38.5 Å². The lowest BCUT2D eigenvalue weighted by molar-refractivity contribution is 0.302. The van der Waals surface area contributed by atoms with Crippen molar-refractivity contribution in [3.05, 3.63) is 0 Å². The van der Waals surface area contributed by atoms with Gasteiger partial charge < -0.3 is 5.32 Å². The smallest absolute Gasteiger partial charge is 0.0342 e. The second-order valence-electron chi connectivity index (χ2n) is 4.11. The summed E-state index contributed by atoms with van der Waals surface area (Å²) in [7, 11) is 0. The number of rotatable bonds is 5. The van der Waals surface area contributed by atoms with Gasteiger partial charge in [0.2, 0.25) is 0 Å². The third-order valence-corrected chi connectivity index (χ3v) is 3.16. The Morgan fingerprint density at radius 2 is 2.17 bits per heavy atom. The molecule has 0 aromatic heterocycles. The monoisotopic (exact) mass is 189 g/mol. The molecule has 1 nitrogen and oxygen atoms in total. The van der Waals surface area contributed by atoms with Gasteiger partial charge in [-0.25, -0.2) is 0 Å². The van der Waals surface area contributed by atoms with E-state index in [2.05, 4.69) is 19.2 Å². The van der Waals surface area contributed by atoms with E-state index in [4.69, 9.17) is 11.6 Å². The van der Waals surface area contributed by atoms with Crippen molar-refractivity contribution in [3.63, 3.8) is 0 Å². The molecule has 1 saturated carbocycles. The van der Waals surface area contributed by atoms with E-state index in [9.17, 15) is 0 Å². The quantitative estimate of drug-likeness (QED) is 0.656. The minimum Gasteiger partial charge on any atom is -0.316 e. The van der Waals surface area contributed by atoms with Crippen molar-refractivity contribution in [3.8, 4) is 0 Å². The molecule has 12 heavy (non-hydrogen) atoms. The maximum Gasteiger partial charge on any atom is 0.0342 e. The first kappa shape index (κ1) is 10.3. The molecule has 1 rings (SSSR count). The van der Waals surface area contributed by atoms with E-state index in [0.29, 0.717) is 5.38 Å². The SMILES string of the molecule is CCC(C)CNCC1CC(Cl)C1. The van der Waals surface area contributed by atoms with Crippen molar-refractivity contribution in [1.29, 1.82) is 0 Å². The third kappa shape index (κ3) is 3.32. The van der Waals surface area contributed by atoms with E-state index < -0.39 is 0 Å². The van der Waals surface area contributed by atoms with Gasteiger partial charge in [-0.1, -0.05) is 20.3 Å². The zero-order valence-corrected chi connectivity index (χ0v) is 8.90. The van der Waals surface area contributed by atoms with Gasteiger partial charge in [-0.15, -0.1) is 11.6 Å². The molecule has 1 N–H and O–H groups in total. The Kier molecular flexibility index (Phi) is 4.38. The highest BCUT2D eigenvalue weighted by atomic mass is 35.5. The average molecular weight is 190 g/mol. The molecule has 1 atom stereocenters. The lowest BCUT2D eigenvalue weighted by atomic mass is 9.85. The molecule has 0 aromatic rings. The van der Waals surface area contributed by atoms with Gasteiger partial charge in [0.1, 0.15) is 0 Å².